The Bertz CT molecular complexity index is 4430. The highest BCUT2D eigenvalue weighted by Crippen LogP contribution is 2.31. The van der Waals surface area contributed by atoms with Gasteiger partial charge in [0.25, 0.3) is 5.69 Å². The summed E-state index contributed by atoms with van der Waals surface area (Å²) in [5, 5.41) is 20.9. The molecule has 104 heavy (non-hydrogen) atoms. The summed E-state index contributed by atoms with van der Waals surface area (Å²) in [6, 6.07) is 24.1. The van der Waals surface area contributed by atoms with E-state index in [0.717, 1.165) is 16.4 Å². The van der Waals surface area contributed by atoms with Crippen LogP contribution in [-0.4, -0.2) is 154 Å². The summed E-state index contributed by atoms with van der Waals surface area (Å²) in [5.41, 5.74) is 0.899. The molecule has 560 valence electrons. The number of nitrogens with zero attached hydrogens (tertiary/aromatic N) is 5. The van der Waals surface area contributed by atoms with E-state index in [1.807, 2.05) is 0 Å². The molecule has 0 fully saturated rings. The Hall–Kier alpha value is -9.89. The Morgan fingerprint density at radius 1 is 0.635 bits per heavy atom. The van der Waals surface area contributed by atoms with Crippen LogP contribution in [-0.2, 0) is 87.1 Å². The summed E-state index contributed by atoms with van der Waals surface area (Å²) in [4.78, 5) is 139. The minimum Gasteiger partial charge on any atom is -0.460 e. The molecule has 0 unspecified atom stereocenters. The number of nitro benzene ring substituents is 1. The molecule has 0 aliphatic heterocycles. The number of nitrogens with one attached hydrogen (secondary N) is 4. The fourth-order valence-electron chi connectivity index (χ4n) is 11.6. The quantitative estimate of drug-likeness (QED) is 0.00547. The van der Waals surface area contributed by atoms with E-state index >= 15 is 14.4 Å². The number of terminal acetylenes is 1. The van der Waals surface area contributed by atoms with Crippen molar-refractivity contribution in [3.8, 4) is 12.3 Å². The van der Waals surface area contributed by atoms with Crippen molar-refractivity contribution in [2.75, 3.05) is 32.4 Å². The monoisotopic (exact) mass is 1470 g/mol. The molecule has 0 saturated carbocycles. The van der Waals surface area contributed by atoms with E-state index in [2.05, 4.69) is 33.9 Å². The molecule has 0 bridgehead atoms. The third kappa shape index (κ3) is 23.6. The highest BCUT2D eigenvalue weighted by atomic mass is 32.2. The van der Waals surface area contributed by atoms with Crippen LogP contribution in [0.25, 0.3) is 21.8 Å². The maximum Gasteiger partial charge on any atom is 0.419 e. The van der Waals surface area contributed by atoms with Crippen LogP contribution in [0.15, 0.2) is 133 Å². The van der Waals surface area contributed by atoms with Gasteiger partial charge in [-0.25, -0.2) is 26.4 Å². The maximum atomic E-state index is 15.4. The number of benzene rings is 4. The first-order valence-electron chi connectivity index (χ1n) is 34.0. The summed E-state index contributed by atoms with van der Waals surface area (Å²) in [6.45, 7) is 20.3. The number of ether oxygens (including phenoxy) is 3. The third-order valence-electron chi connectivity index (χ3n) is 16.6. The van der Waals surface area contributed by atoms with Crippen molar-refractivity contribution in [3.63, 3.8) is 0 Å². The van der Waals surface area contributed by atoms with Crippen molar-refractivity contribution in [1.29, 1.82) is 0 Å². The molecule has 0 aliphatic rings. The highest BCUT2D eigenvalue weighted by molar-refractivity contribution is 7.89. The predicted octanol–water partition coefficient (Wildman–Crippen LogP) is 9.31. The Morgan fingerprint density at radius 3 is 1.67 bits per heavy atom. The minimum atomic E-state index is -4.84. The van der Waals surface area contributed by atoms with Crippen LogP contribution in [0.4, 0.5) is 15.3 Å². The number of hydrogen-bond donors (Lipinski definition) is 4. The van der Waals surface area contributed by atoms with Crippen molar-refractivity contribution >= 4 is 101 Å². The highest BCUT2D eigenvalue weighted by Gasteiger charge is 2.38. The molecule has 4 amide bonds. The molecule has 4 N–H and O–H groups in total. The summed E-state index contributed by atoms with van der Waals surface area (Å²) in [5.74, 6) is -9.46. The number of hydrogen-bond acceptors (Lipinski definition) is 18. The number of fused-ring (bicyclic) bond motifs is 2. The standard InChI is InChI=1S/C75H95N9O18S2/c1-15-37-80(104(98,99)65-36-25-24-35-62(65)84(94)95)39-27-26-30-52(68(89)76-14)44-64(86)59(41-51-28-18-17-19-29-51)78-69(90)53(42-54-46-81(71(92)101-74(8,9)10)60-33-22-20-31-57(54)60)45-63(85)50(4)77-70(91)56(43-55-47-82(72(93)102-75(11,12)13)61-34-23-21-32-58(55)61)48-103(96,97)83(38-16-2)79-67(88)49(3)40-66(87)100-73(5,6)7/h2,15,17-25,28-29,31-36,46-47,49-50,52-53,56,59H,1,26-27,30,37-45,48H2,3-14H3,(H,76,89)(H,77,91)(H,78,90)(H,79,88)/t49-,50+,52-,53-,56+,59-/m1/s1. The molecular formula is C75H95N9O18S2. The average molecular weight is 1470 g/mol. The molecule has 29 heteroatoms. The van der Waals surface area contributed by atoms with Crippen LogP contribution in [0.2, 0.25) is 0 Å². The summed E-state index contributed by atoms with van der Waals surface area (Å²) < 4.78 is 78.0. The number of sulfonamides is 2. The summed E-state index contributed by atoms with van der Waals surface area (Å²) >= 11 is 0. The number of aromatic nitrogens is 2. The molecule has 2 aromatic heterocycles. The van der Waals surface area contributed by atoms with Crippen molar-refractivity contribution in [2.45, 2.75) is 168 Å². The van der Waals surface area contributed by atoms with E-state index in [1.165, 1.54) is 60.6 Å². The maximum absolute atomic E-state index is 15.4. The molecule has 4 aromatic carbocycles. The van der Waals surface area contributed by atoms with E-state index in [1.54, 1.807) is 141 Å². The number of hydrazine groups is 1. The lowest BCUT2D eigenvalue weighted by atomic mass is 9.88. The van der Waals surface area contributed by atoms with Crippen molar-refractivity contribution < 1.29 is 79.1 Å². The van der Waals surface area contributed by atoms with Crippen LogP contribution in [0.3, 0.4) is 0 Å². The Balaban J connectivity index is 1.36. The van der Waals surface area contributed by atoms with Gasteiger partial charge in [0.1, 0.15) is 16.8 Å². The number of ketones is 2. The van der Waals surface area contributed by atoms with Gasteiger partial charge in [0, 0.05) is 80.0 Å². The second kappa shape index (κ2) is 36.0. The molecule has 0 aliphatic carbocycles. The smallest absolute Gasteiger partial charge is 0.419 e. The van der Waals surface area contributed by atoms with Crippen molar-refractivity contribution in [2.24, 2.45) is 23.7 Å². The van der Waals surface area contributed by atoms with E-state index in [4.69, 9.17) is 20.6 Å². The fraction of sp³-hybridized carbons (Fsp3) is 0.453. The van der Waals surface area contributed by atoms with E-state index in [0.29, 0.717) is 42.9 Å². The van der Waals surface area contributed by atoms with Gasteiger partial charge in [0.05, 0.1) is 52.7 Å². The molecule has 0 saturated heterocycles. The number of nitro groups is 1. The van der Waals surface area contributed by atoms with E-state index in [9.17, 15) is 55.7 Å². The van der Waals surface area contributed by atoms with Gasteiger partial charge in [-0.3, -0.25) is 58.2 Å². The van der Waals surface area contributed by atoms with Gasteiger partial charge in [-0.1, -0.05) is 104 Å². The Morgan fingerprint density at radius 2 is 1.14 bits per heavy atom. The number of esters is 1. The molecule has 6 rings (SSSR count). The predicted molar refractivity (Wildman–Crippen MR) is 391 cm³/mol. The summed E-state index contributed by atoms with van der Waals surface area (Å²) in [7, 11) is -7.88. The van der Waals surface area contributed by atoms with Crippen LogP contribution in [0, 0.1) is 46.1 Å². The third-order valence-corrected chi connectivity index (χ3v) is 20.2. The van der Waals surface area contributed by atoms with Crippen LogP contribution < -0.4 is 21.4 Å². The van der Waals surface area contributed by atoms with Gasteiger partial charge in [-0.15, -0.1) is 17.4 Å². The van der Waals surface area contributed by atoms with Gasteiger partial charge < -0.3 is 30.2 Å². The Labute approximate surface area is 607 Å². The number of amides is 4. The first kappa shape index (κ1) is 83.1. The molecule has 2 heterocycles. The molecule has 6 aromatic rings. The first-order valence-corrected chi connectivity index (χ1v) is 37.1. The van der Waals surface area contributed by atoms with Crippen LogP contribution in [0.1, 0.15) is 131 Å². The normalized spacial score (nSPS) is 13.9. The van der Waals surface area contributed by atoms with Gasteiger partial charge in [-0.2, -0.15) is 4.31 Å². The lowest BCUT2D eigenvalue weighted by Crippen LogP contribution is -2.52. The second-order valence-electron chi connectivity index (χ2n) is 28.5. The molecular weight excluding hydrogens is 1380 g/mol. The minimum absolute atomic E-state index is 0.0475. The number of para-hydroxylation sites is 3. The zero-order chi connectivity index (χ0) is 77.2. The zero-order valence-corrected chi connectivity index (χ0v) is 62.5. The largest absolute Gasteiger partial charge is 0.460 e. The number of carbonyl (C=O) groups is 9. The number of Topliss-reactive ketones (excluding diaryl/α,β-unsaturated/α-hetero) is 2. The SMILES string of the molecule is C#CCN(NC(=O)[C@H](C)CC(=O)OC(C)(C)C)S(=O)(=O)C[C@H](Cc1cn(C(=O)OC(C)(C)C)c2ccccc12)C(=O)N[C@@H](C)C(=O)C[C@@H](Cc1cn(C(=O)OC(C)(C)C)c2ccccc12)C(=O)N[C@H](Cc1ccccc1)C(=O)C[C@@H](CCCCN(CC=C)S(=O)(=O)c1ccccc1[N+](=O)[O-])C(=O)NC. The number of carbonyl (C=O) groups excluding carboxylic acids is 9. The lowest BCUT2D eigenvalue weighted by Gasteiger charge is -2.26. The second-order valence-corrected chi connectivity index (χ2v) is 32.4. The molecule has 27 nitrogen and oxygen atoms in total. The first-order chi connectivity index (χ1) is 48.7. The average Bonchev–Trinajstić information content (AvgIpc) is 1.60. The van der Waals surface area contributed by atoms with Crippen molar-refractivity contribution in [3.05, 3.63) is 155 Å². The molecule has 6 atom stereocenters. The molecule has 0 radical (unpaired) electrons. The number of unbranched alkanes of at least 4 members (excludes halogenated alkanes) is 1. The van der Waals surface area contributed by atoms with Gasteiger partial charge in [0.2, 0.25) is 43.7 Å². The van der Waals surface area contributed by atoms with Crippen LogP contribution in [0.5, 0.6) is 0 Å². The fourth-order valence-corrected chi connectivity index (χ4v) is 14.7. The van der Waals surface area contributed by atoms with Crippen molar-refractivity contribution in [1.82, 2.24) is 39.2 Å². The zero-order valence-electron chi connectivity index (χ0n) is 60.9. The Kier molecular flexibility index (Phi) is 28.8. The topological polar surface area (TPSA) is 357 Å². The van der Waals surface area contributed by atoms with Gasteiger partial charge in [-0.05, 0) is 136 Å². The van der Waals surface area contributed by atoms with Gasteiger partial charge >= 0.3 is 18.2 Å². The summed E-state index contributed by atoms with van der Waals surface area (Å²) in [6.07, 6.45) is 6.40. The van der Waals surface area contributed by atoms with Crippen LogP contribution >= 0.6 is 0 Å². The number of rotatable bonds is 35. The van der Waals surface area contributed by atoms with E-state index in [-0.39, 0.29) is 45.2 Å². The van der Waals surface area contributed by atoms with E-state index < -0.39 is 179 Å². The van der Waals surface area contributed by atoms with Gasteiger partial charge in [0.15, 0.2) is 16.5 Å². The molecule has 0 spiro atoms. The lowest BCUT2D eigenvalue weighted by molar-refractivity contribution is -0.387.